The molecule has 2 unspecified atom stereocenters. The molecule has 118 valence electrons. The van der Waals surface area contributed by atoms with E-state index in [1.54, 1.807) is 0 Å². The molecule has 0 aromatic carbocycles. The van der Waals surface area contributed by atoms with Crippen molar-refractivity contribution in [2.24, 2.45) is 0 Å². The lowest BCUT2D eigenvalue weighted by Crippen LogP contribution is -2.38. The van der Waals surface area contributed by atoms with Crippen molar-refractivity contribution in [2.45, 2.75) is 44.9 Å². The molecule has 22 heavy (non-hydrogen) atoms. The second-order valence-electron chi connectivity index (χ2n) is 5.87. The summed E-state index contributed by atoms with van der Waals surface area (Å²) >= 11 is 1.49. The largest absolute Gasteiger partial charge is 0.339 e. The maximum atomic E-state index is 12.5. The van der Waals surface area contributed by atoms with Crippen LogP contribution in [0.2, 0.25) is 0 Å². The summed E-state index contributed by atoms with van der Waals surface area (Å²) in [7, 11) is 0. The normalized spacial score (nSPS) is 20.1. The van der Waals surface area contributed by atoms with Crippen LogP contribution in [-0.4, -0.2) is 34.0 Å². The zero-order valence-corrected chi connectivity index (χ0v) is 13.8. The molecule has 0 aliphatic carbocycles. The molecule has 3 heterocycles. The van der Waals surface area contributed by atoms with Gasteiger partial charge < -0.3 is 9.42 Å². The third-order valence-electron chi connectivity index (χ3n) is 4.30. The zero-order chi connectivity index (χ0) is 15.5. The highest BCUT2D eigenvalue weighted by Gasteiger charge is 2.29. The molecule has 1 aliphatic rings. The Hall–Kier alpha value is -1.69. The molecule has 2 aromatic heterocycles. The first-order valence-electron chi connectivity index (χ1n) is 7.85. The molecule has 0 saturated carbocycles. The molecule has 6 heteroatoms. The summed E-state index contributed by atoms with van der Waals surface area (Å²) in [4.78, 5) is 19.7. The van der Waals surface area contributed by atoms with Crippen LogP contribution in [0.15, 0.2) is 22.0 Å². The minimum atomic E-state index is 0.112. The van der Waals surface area contributed by atoms with Crippen LogP contribution in [-0.2, 0) is 0 Å². The minimum Gasteiger partial charge on any atom is -0.339 e. The van der Waals surface area contributed by atoms with Gasteiger partial charge in [0.1, 0.15) is 0 Å². The van der Waals surface area contributed by atoms with Crippen molar-refractivity contribution in [3.63, 3.8) is 0 Å². The van der Waals surface area contributed by atoms with Gasteiger partial charge in [-0.3, -0.25) is 4.79 Å². The summed E-state index contributed by atoms with van der Waals surface area (Å²) in [5.41, 5.74) is 0. The Labute approximate surface area is 134 Å². The SMILES string of the molecule is CCC(C)c1noc(C2CCCN(C(=O)c3cccs3)C2)n1. The lowest BCUT2D eigenvalue weighted by molar-refractivity contribution is 0.0700. The van der Waals surface area contributed by atoms with E-state index in [1.165, 1.54) is 11.3 Å². The lowest BCUT2D eigenvalue weighted by atomic mass is 9.97. The summed E-state index contributed by atoms with van der Waals surface area (Å²) < 4.78 is 5.45. The van der Waals surface area contributed by atoms with Gasteiger partial charge in [-0.1, -0.05) is 25.1 Å². The first kappa shape index (κ1) is 15.2. The van der Waals surface area contributed by atoms with Crippen LogP contribution >= 0.6 is 11.3 Å². The Morgan fingerprint density at radius 1 is 1.59 bits per heavy atom. The van der Waals surface area contributed by atoms with Crippen molar-refractivity contribution < 1.29 is 9.32 Å². The minimum absolute atomic E-state index is 0.112. The Bertz CT molecular complexity index is 623. The summed E-state index contributed by atoms with van der Waals surface area (Å²) in [5, 5.41) is 6.03. The van der Waals surface area contributed by atoms with E-state index in [4.69, 9.17) is 4.52 Å². The van der Waals surface area contributed by atoms with Gasteiger partial charge in [0.15, 0.2) is 5.82 Å². The van der Waals surface area contributed by atoms with Gasteiger partial charge >= 0.3 is 0 Å². The number of hydrogen-bond acceptors (Lipinski definition) is 5. The highest BCUT2D eigenvalue weighted by molar-refractivity contribution is 7.12. The molecule has 3 rings (SSSR count). The smallest absolute Gasteiger partial charge is 0.263 e. The van der Waals surface area contributed by atoms with E-state index in [0.717, 1.165) is 36.5 Å². The molecular formula is C16H21N3O2S. The number of aromatic nitrogens is 2. The Morgan fingerprint density at radius 3 is 3.18 bits per heavy atom. The van der Waals surface area contributed by atoms with E-state index in [-0.39, 0.29) is 11.8 Å². The van der Waals surface area contributed by atoms with E-state index in [0.29, 0.717) is 18.4 Å². The summed E-state index contributed by atoms with van der Waals surface area (Å²) in [5.74, 6) is 2.03. The molecular weight excluding hydrogens is 298 g/mol. The van der Waals surface area contributed by atoms with Crippen LogP contribution in [0.5, 0.6) is 0 Å². The van der Waals surface area contributed by atoms with Crippen LogP contribution in [0.25, 0.3) is 0 Å². The molecule has 2 aromatic rings. The fourth-order valence-corrected chi connectivity index (χ4v) is 3.41. The summed E-state index contributed by atoms with van der Waals surface area (Å²) in [6, 6.07) is 3.79. The Morgan fingerprint density at radius 2 is 2.45 bits per heavy atom. The number of hydrogen-bond donors (Lipinski definition) is 0. The van der Waals surface area contributed by atoms with Crippen LogP contribution < -0.4 is 0 Å². The van der Waals surface area contributed by atoms with Crippen molar-refractivity contribution in [3.8, 4) is 0 Å². The average molecular weight is 319 g/mol. The van der Waals surface area contributed by atoms with Crippen LogP contribution in [0, 0.1) is 0 Å². The van der Waals surface area contributed by atoms with Gasteiger partial charge in [-0.05, 0) is 30.7 Å². The fourth-order valence-electron chi connectivity index (χ4n) is 2.72. The van der Waals surface area contributed by atoms with Gasteiger partial charge in [0, 0.05) is 19.0 Å². The molecule has 1 aliphatic heterocycles. The number of thiophene rings is 1. The highest BCUT2D eigenvalue weighted by Crippen LogP contribution is 2.28. The summed E-state index contributed by atoms with van der Waals surface area (Å²) in [6.45, 7) is 5.68. The molecule has 1 saturated heterocycles. The highest BCUT2D eigenvalue weighted by atomic mass is 32.1. The topological polar surface area (TPSA) is 59.2 Å². The molecule has 2 atom stereocenters. The maximum absolute atomic E-state index is 12.5. The number of carbonyl (C=O) groups is 1. The fraction of sp³-hybridized carbons (Fsp3) is 0.562. The third-order valence-corrected chi connectivity index (χ3v) is 5.16. The summed E-state index contributed by atoms with van der Waals surface area (Å²) in [6.07, 6.45) is 2.96. The third kappa shape index (κ3) is 3.06. The second-order valence-corrected chi connectivity index (χ2v) is 6.82. The van der Waals surface area contributed by atoms with Gasteiger partial charge in [0.05, 0.1) is 10.8 Å². The quantitative estimate of drug-likeness (QED) is 0.863. The predicted octanol–water partition coefficient (Wildman–Crippen LogP) is 3.66. The van der Waals surface area contributed by atoms with Crippen molar-refractivity contribution in [3.05, 3.63) is 34.1 Å². The van der Waals surface area contributed by atoms with E-state index >= 15 is 0 Å². The van der Waals surface area contributed by atoms with Gasteiger partial charge in [-0.25, -0.2) is 0 Å². The van der Waals surface area contributed by atoms with Crippen molar-refractivity contribution in [1.82, 2.24) is 15.0 Å². The monoisotopic (exact) mass is 319 g/mol. The molecule has 0 spiro atoms. The van der Waals surface area contributed by atoms with Crippen LogP contribution in [0.4, 0.5) is 0 Å². The van der Waals surface area contributed by atoms with Gasteiger partial charge in [0.25, 0.3) is 5.91 Å². The Balaban J connectivity index is 1.70. The number of piperidine rings is 1. The molecule has 0 radical (unpaired) electrons. The molecule has 5 nitrogen and oxygen atoms in total. The number of carbonyl (C=O) groups excluding carboxylic acids is 1. The van der Waals surface area contributed by atoms with Gasteiger partial charge in [0.2, 0.25) is 5.89 Å². The van der Waals surface area contributed by atoms with Crippen LogP contribution in [0.3, 0.4) is 0 Å². The predicted molar refractivity (Wildman–Crippen MR) is 85.2 cm³/mol. The van der Waals surface area contributed by atoms with Gasteiger partial charge in [-0.15, -0.1) is 11.3 Å². The van der Waals surface area contributed by atoms with Crippen molar-refractivity contribution in [1.29, 1.82) is 0 Å². The first-order valence-corrected chi connectivity index (χ1v) is 8.73. The maximum Gasteiger partial charge on any atom is 0.263 e. The lowest BCUT2D eigenvalue weighted by Gasteiger charge is -2.30. The second kappa shape index (κ2) is 6.60. The number of rotatable bonds is 4. The average Bonchev–Trinajstić information content (AvgIpc) is 3.25. The molecule has 0 N–H and O–H groups in total. The first-order chi connectivity index (χ1) is 10.7. The van der Waals surface area contributed by atoms with E-state index in [1.807, 2.05) is 22.4 Å². The number of nitrogens with zero attached hydrogens (tertiary/aromatic N) is 3. The van der Waals surface area contributed by atoms with E-state index < -0.39 is 0 Å². The molecule has 1 fully saturated rings. The zero-order valence-electron chi connectivity index (χ0n) is 13.0. The number of likely N-dealkylation sites (tertiary alicyclic amines) is 1. The van der Waals surface area contributed by atoms with E-state index in [9.17, 15) is 4.79 Å². The standard InChI is InChI=1S/C16H21N3O2S/c1-3-11(2)14-17-15(21-18-14)12-6-4-8-19(10-12)16(20)13-7-5-9-22-13/h5,7,9,11-12H,3-4,6,8,10H2,1-2H3. The molecule has 0 bridgehead atoms. The van der Waals surface area contributed by atoms with E-state index in [2.05, 4.69) is 24.0 Å². The molecule has 1 amide bonds. The Kier molecular flexibility index (Phi) is 4.57. The van der Waals surface area contributed by atoms with Crippen LogP contribution in [0.1, 0.15) is 66.3 Å². The van der Waals surface area contributed by atoms with Crippen molar-refractivity contribution in [2.75, 3.05) is 13.1 Å². The van der Waals surface area contributed by atoms with Gasteiger partial charge in [-0.2, -0.15) is 4.98 Å². The van der Waals surface area contributed by atoms with Crippen molar-refractivity contribution >= 4 is 17.2 Å². The number of amides is 1.